The van der Waals surface area contributed by atoms with E-state index in [2.05, 4.69) is 27.1 Å². The lowest BCUT2D eigenvalue weighted by molar-refractivity contribution is -0.137. The van der Waals surface area contributed by atoms with Crippen LogP contribution in [0.15, 0.2) is 54.9 Å². The number of piperazine rings is 1. The number of ether oxygens (including phenoxy) is 1. The Hall–Kier alpha value is -4.78. The van der Waals surface area contributed by atoms with Crippen LogP contribution < -0.4 is 24.8 Å². The topological polar surface area (TPSA) is 97.0 Å². The Morgan fingerprint density at radius 3 is 2.49 bits per heavy atom. The number of benzene rings is 2. The molecule has 4 heterocycles. The van der Waals surface area contributed by atoms with Crippen molar-refractivity contribution in [3.8, 4) is 5.75 Å². The van der Waals surface area contributed by atoms with Crippen LogP contribution in [0.5, 0.6) is 5.75 Å². The molecule has 0 unspecified atom stereocenters. The standard InChI is InChI=1S/C32H34F3N7O3/c1-4-39-8-10-40(11-9-39)24-15-22(32(33,34)35)14-23(16-24)38-30(43)20-12-25(17-26(13-20)45-3)42-19-21-18-37-29-27(6-7-36-29)28(21)41(5-2)31(42)44/h6-7,12-18H,4-5,8-11,19H2,1-3H3,(H,36,37)(H,38,43). The van der Waals surface area contributed by atoms with Gasteiger partial charge in [0.2, 0.25) is 0 Å². The molecule has 1 fully saturated rings. The Morgan fingerprint density at radius 2 is 1.80 bits per heavy atom. The SMILES string of the molecule is CCN1CCN(c2cc(NC(=O)c3cc(OC)cc(N4Cc5cnc6[nH]ccc6c5N(CC)C4=O)c3)cc(C(F)(F)F)c2)CC1. The number of fused-ring (bicyclic) bond motifs is 3. The van der Waals surface area contributed by atoms with Gasteiger partial charge in [0.25, 0.3) is 5.91 Å². The first-order chi connectivity index (χ1) is 21.6. The van der Waals surface area contributed by atoms with Crippen molar-refractivity contribution in [3.05, 3.63) is 71.5 Å². The van der Waals surface area contributed by atoms with Gasteiger partial charge in [0.15, 0.2) is 0 Å². The van der Waals surface area contributed by atoms with Crippen LogP contribution in [0.4, 0.5) is 40.7 Å². The van der Waals surface area contributed by atoms with Gasteiger partial charge in [-0.05, 0) is 49.9 Å². The van der Waals surface area contributed by atoms with Crippen LogP contribution in [0.3, 0.4) is 0 Å². The zero-order chi connectivity index (χ0) is 31.9. The van der Waals surface area contributed by atoms with Gasteiger partial charge < -0.3 is 24.8 Å². The Labute approximate surface area is 258 Å². The number of aromatic nitrogens is 2. The molecule has 2 aliphatic heterocycles. The van der Waals surface area contributed by atoms with Crippen molar-refractivity contribution in [2.24, 2.45) is 0 Å². The maximum Gasteiger partial charge on any atom is 0.416 e. The molecular weight excluding hydrogens is 587 g/mol. The number of carbonyl (C=O) groups is 2. The number of anilines is 4. The number of rotatable bonds is 7. The van der Waals surface area contributed by atoms with Crippen molar-refractivity contribution in [2.45, 2.75) is 26.6 Å². The predicted molar refractivity (Wildman–Crippen MR) is 167 cm³/mol. The van der Waals surface area contributed by atoms with Gasteiger partial charge in [0.1, 0.15) is 11.4 Å². The lowest BCUT2D eigenvalue weighted by atomic mass is 10.1. The van der Waals surface area contributed by atoms with Crippen LogP contribution in [-0.4, -0.2) is 73.2 Å². The molecule has 6 rings (SSSR count). The summed E-state index contributed by atoms with van der Waals surface area (Å²) in [5.41, 5.74) is 2.38. The molecule has 2 N–H and O–H groups in total. The van der Waals surface area contributed by atoms with E-state index in [1.807, 2.05) is 17.9 Å². The second kappa shape index (κ2) is 12.0. The van der Waals surface area contributed by atoms with E-state index < -0.39 is 17.6 Å². The van der Waals surface area contributed by atoms with E-state index in [9.17, 15) is 22.8 Å². The Balaban J connectivity index is 1.31. The van der Waals surface area contributed by atoms with Gasteiger partial charge in [-0.1, -0.05) is 6.92 Å². The molecule has 0 atom stereocenters. The highest BCUT2D eigenvalue weighted by atomic mass is 19.4. The van der Waals surface area contributed by atoms with Crippen molar-refractivity contribution in [3.63, 3.8) is 0 Å². The van der Waals surface area contributed by atoms with E-state index in [-0.39, 0.29) is 23.8 Å². The molecule has 0 saturated carbocycles. The molecule has 0 radical (unpaired) electrons. The summed E-state index contributed by atoms with van der Waals surface area (Å²) in [6, 6.07) is 9.88. The van der Waals surface area contributed by atoms with Crippen LogP contribution >= 0.6 is 0 Å². The summed E-state index contributed by atoms with van der Waals surface area (Å²) in [5, 5.41) is 3.49. The van der Waals surface area contributed by atoms with Crippen molar-refractivity contribution >= 4 is 45.7 Å². The van der Waals surface area contributed by atoms with E-state index in [0.29, 0.717) is 42.4 Å². The Kier molecular flexibility index (Phi) is 8.04. The van der Waals surface area contributed by atoms with Gasteiger partial charge >= 0.3 is 12.2 Å². The normalized spacial score (nSPS) is 15.9. The molecule has 10 nitrogen and oxygen atoms in total. The van der Waals surface area contributed by atoms with Gasteiger partial charge in [-0.25, -0.2) is 9.78 Å². The van der Waals surface area contributed by atoms with Crippen molar-refractivity contribution in [1.82, 2.24) is 14.9 Å². The highest BCUT2D eigenvalue weighted by Gasteiger charge is 2.34. The summed E-state index contributed by atoms with van der Waals surface area (Å²) in [6.45, 7) is 8.04. The number of urea groups is 1. The number of H-pyrrole nitrogens is 1. The third kappa shape index (κ3) is 5.87. The van der Waals surface area contributed by atoms with E-state index in [1.54, 1.807) is 29.4 Å². The third-order valence-electron chi connectivity index (χ3n) is 8.40. The molecule has 45 heavy (non-hydrogen) atoms. The number of carbonyl (C=O) groups excluding carboxylic acids is 2. The van der Waals surface area contributed by atoms with Crippen LogP contribution in [0, 0.1) is 0 Å². The molecule has 3 amide bonds. The second-order valence-electron chi connectivity index (χ2n) is 11.0. The molecule has 0 aliphatic carbocycles. The van der Waals surface area contributed by atoms with Gasteiger partial charge in [0.05, 0.1) is 30.6 Å². The summed E-state index contributed by atoms with van der Waals surface area (Å²) in [6.07, 6.45) is -1.10. The largest absolute Gasteiger partial charge is 0.497 e. The number of likely N-dealkylation sites (N-methyl/N-ethyl adjacent to an activating group) is 1. The highest BCUT2D eigenvalue weighted by molar-refractivity contribution is 6.12. The van der Waals surface area contributed by atoms with Gasteiger partial charge in [0, 0.05) is 79.1 Å². The number of nitrogens with one attached hydrogen (secondary N) is 2. The Bertz CT molecular complexity index is 1750. The number of nitrogens with zero attached hydrogens (tertiary/aromatic N) is 5. The molecule has 13 heteroatoms. The predicted octanol–water partition coefficient (Wildman–Crippen LogP) is 5.95. The molecule has 236 valence electrons. The minimum atomic E-state index is -4.60. The van der Waals surface area contributed by atoms with E-state index in [4.69, 9.17) is 4.74 Å². The number of hydrogen-bond donors (Lipinski definition) is 2. The minimum absolute atomic E-state index is 0.0221. The average molecular weight is 622 g/mol. The maximum atomic E-state index is 13.9. The van der Waals surface area contributed by atoms with E-state index in [1.165, 1.54) is 24.1 Å². The fraction of sp³-hybridized carbons (Fsp3) is 0.344. The first-order valence-corrected chi connectivity index (χ1v) is 14.8. The van der Waals surface area contributed by atoms with Gasteiger partial charge in [-0.3, -0.25) is 14.6 Å². The molecule has 2 aliphatic rings. The molecule has 4 aromatic rings. The van der Waals surface area contributed by atoms with Crippen molar-refractivity contribution in [2.75, 3.05) is 66.4 Å². The lowest BCUT2D eigenvalue weighted by Crippen LogP contribution is -2.47. The molecular formula is C32H34F3N7O3. The number of amides is 3. The molecule has 2 aromatic carbocycles. The summed E-state index contributed by atoms with van der Waals surface area (Å²) in [4.78, 5) is 42.2. The van der Waals surface area contributed by atoms with Crippen molar-refractivity contribution in [1.29, 1.82) is 0 Å². The Morgan fingerprint density at radius 1 is 1.02 bits per heavy atom. The van der Waals surface area contributed by atoms with Crippen LogP contribution in [-0.2, 0) is 12.7 Å². The number of alkyl halides is 3. The molecule has 2 aromatic heterocycles. The quantitative estimate of drug-likeness (QED) is 0.265. The number of halogens is 3. The van der Waals surface area contributed by atoms with Crippen LogP contribution in [0.25, 0.3) is 11.0 Å². The summed E-state index contributed by atoms with van der Waals surface area (Å²) < 4.78 is 47.2. The third-order valence-corrected chi connectivity index (χ3v) is 8.40. The number of pyridine rings is 1. The van der Waals surface area contributed by atoms with Crippen LogP contribution in [0.1, 0.15) is 35.3 Å². The summed E-state index contributed by atoms with van der Waals surface area (Å²) in [5.74, 6) is -0.318. The minimum Gasteiger partial charge on any atom is -0.497 e. The number of methoxy groups -OCH3 is 1. The number of aromatic amines is 1. The second-order valence-corrected chi connectivity index (χ2v) is 11.0. The molecule has 1 saturated heterocycles. The fourth-order valence-electron chi connectivity index (χ4n) is 5.99. The summed E-state index contributed by atoms with van der Waals surface area (Å²) >= 11 is 0. The van der Waals surface area contributed by atoms with E-state index in [0.717, 1.165) is 48.4 Å². The maximum absolute atomic E-state index is 13.9. The lowest BCUT2D eigenvalue weighted by Gasteiger charge is -2.37. The monoisotopic (exact) mass is 621 g/mol. The zero-order valence-electron chi connectivity index (χ0n) is 25.2. The zero-order valence-corrected chi connectivity index (χ0v) is 25.2. The first kappa shape index (κ1) is 30.3. The van der Waals surface area contributed by atoms with Crippen LogP contribution in [0.2, 0.25) is 0 Å². The first-order valence-electron chi connectivity index (χ1n) is 14.8. The fourth-order valence-corrected chi connectivity index (χ4v) is 5.99. The van der Waals surface area contributed by atoms with E-state index >= 15 is 0 Å². The summed E-state index contributed by atoms with van der Waals surface area (Å²) in [7, 11) is 1.44. The van der Waals surface area contributed by atoms with Gasteiger partial charge in [-0.15, -0.1) is 0 Å². The number of hydrogen-bond acceptors (Lipinski definition) is 6. The molecule has 0 spiro atoms. The van der Waals surface area contributed by atoms with Crippen molar-refractivity contribution < 1.29 is 27.5 Å². The average Bonchev–Trinajstić information content (AvgIpc) is 3.53. The molecule has 0 bridgehead atoms. The van der Waals surface area contributed by atoms with Gasteiger partial charge in [-0.2, -0.15) is 13.2 Å². The smallest absolute Gasteiger partial charge is 0.416 e. The highest BCUT2D eigenvalue weighted by Crippen LogP contribution is 2.38.